The van der Waals surface area contributed by atoms with Crippen molar-refractivity contribution in [2.75, 3.05) is 10.6 Å². The SMILES string of the molecule is Cc1nn(C)c2ncc(NC(=O)CCBr)cc12. The van der Waals surface area contributed by atoms with Crippen LogP contribution in [0.2, 0.25) is 0 Å². The van der Waals surface area contributed by atoms with Gasteiger partial charge in [0.15, 0.2) is 5.65 Å². The normalized spacial score (nSPS) is 10.8. The highest BCUT2D eigenvalue weighted by Crippen LogP contribution is 2.19. The number of amides is 1. The van der Waals surface area contributed by atoms with Crippen LogP contribution in [0.15, 0.2) is 12.3 Å². The summed E-state index contributed by atoms with van der Waals surface area (Å²) in [6, 6.07) is 1.90. The van der Waals surface area contributed by atoms with Crippen LogP contribution in [-0.4, -0.2) is 26.0 Å². The average molecular weight is 297 g/mol. The number of nitrogens with one attached hydrogen (secondary N) is 1. The van der Waals surface area contributed by atoms with Gasteiger partial charge in [0.25, 0.3) is 0 Å². The van der Waals surface area contributed by atoms with Crippen LogP contribution in [0, 0.1) is 6.92 Å². The molecule has 2 rings (SSSR count). The summed E-state index contributed by atoms with van der Waals surface area (Å²) in [4.78, 5) is 15.7. The Morgan fingerprint density at radius 1 is 1.59 bits per heavy atom. The third kappa shape index (κ3) is 2.46. The molecule has 0 aromatic carbocycles. The Bertz CT molecular complexity index is 564. The predicted octanol–water partition coefficient (Wildman–Crippen LogP) is 2.00. The van der Waals surface area contributed by atoms with Gasteiger partial charge < -0.3 is 5.32 Å². The lowest BCUT2D eigenvalue weighted by molar-refractivity contribution is -0.115. The van der Waals surface area contributed by atoms with Crippen molar-refractivity contribution in [3.05, 3.63) is 18.0 Å². The molecule has 0 atom stereocenters. The predicted molar refractivity (Wildman–Crippen MR) is 70.3 cm³/mol. The number of aromatic nitrogens is 3. The van der Waals surface area contributed by atoms with Gasteiger partial charge in [-0.1, -0.05) is 15.9 Å². The molecule has 2 aromatic rings. The minimum Gasteiger partial charge on any atom is -0.325 e. The highest BCUT2D eigenvalue weighted by atomic mass is 79.9. The Morgan fingerprint density at radius 2 is 2.35 bits per heavy atom. The van der Waals surface area contributed by atoms with Crippen LogP contribution in [0.5, 0.6) is 0 Å². The molecule has 0 aliphatic carbocycles. The number of hydrogen-bond acceptors (Lipinski definition) is 3. The van der Waals surface area contributed by atoms with Gasteiger partial charge in [-0.25, -0.2) is 4.98 Å². The summed E-state index contributed by atoms with van der Waals surface area (Å²) < 4.78 is 1.73. The molecule has 0 aliphatic heterocycles. The van der Waals surface area contributed by atoms with E-state index in [0.717, 1.165) is 16.7 Å². The second-order valence-electron chi connectivity index (χ2n) is 3.79. The second kappa shape index (κ2) is 4.83. The molecule has 0 saturated heterocycles. The van der Waals surface area contributed by atoms with E-state index in [1.807, 2.05) is 20.0 Å². The Kier molecular flexibility index (Phi) is 3.42. The molecule has 0 radical (unpaired) electrons. The standard InChI is InChI=1S/C11H13BrN4O/c1-7-9-5-8(14-10(17)3-4-12)6-13-11(9)16(2)15-7/h5-6H,3-4H2,1-2H3,(H,14,17). The molecular weight excluding hydrogens is 284 g/mol. The van der Waals surface area contributed by atoms with Crippen molar-refractivity contribution in [3.8, 4) is 0 Å². The number of fused-ring (bicyclic) bond motifs is 1. The van der Waals surface area contributed by atoms with E-state index in [1.54, 1.807) is 10.9 Å². The molecule has 17 heavy (non-hydrogen) atoms. The van der Waals surface area contributed by atoms with Crippen molar-refractivity contribution in [1.29, 1.82) is 0 Å². The van der Waals surface area contributed by atoms with E-state index in [4.69, 9.17) is 0 Å². The topological polar surface area (TPSA) is 59.8 Å². The minimum absolute atomic E-state index is 0.0235. The molecule has 2 heterocycles. The highest BCUT2D eigenvalue weighted by molar-refractivity contribution is 9.09. The van der Waals surface area contributed by atoms with Gasteiger partial charge in [-0.2, -0.15) is 5.10 Å². The van der Waals surface area contributed by atoms with Crippen molar-refractivity contribution < 1.29 is 4.79 Å². The van der Waals surface area contributed by atoms with Gasteiger partial charge in [0, 0.05) is 24.2 Å². The van der Waals surface area contributed by atoms with Gasteiger partial charge in [-0.15, -0.1) is 0 Å². The fraction of sp³-hybridized carbons (Fsp3) is 0.364. The largest absolute Gasteiger partial charge is 0.325 e. The van der Waals surface area contributed by atoms with Crippen LogP contribution in [0.3, 0.4) is 0 Å². The van der Waals surface area contributed by atoms with Crippen LogP contribution in [0.4, 0.5) is 5.69 Å². The number of carbonyl (C=O) groups is 1. The average Bonchev–Trinajstić information content (AvgIpc) is 2.55. The van der Waals surface area contributed by atoms with Crippen LogP contribution >= 0.6 is 15.9 Å². The number of aryl methyl sites for hydroxylation is 2. The third-order valence-corrected chi connectivity index (χ3v) is 2.86. The molecule has 0 aliphatic rings. The van der Waals surface area contributed by atoms with Gasteiger partial charge in [0.1, 0.15) is 0 Å². The zero-order valence-electron chi connectivity index (χ0n) is 9.70. The second-order valence-corrected chi connectivity index (χ2v) is 4.58. The van der Waals surface area contributed by atoms with Gasteiger partial charge in [-0.3, -0.25) is 9.48 Å². The molecule has 0 spiro atoms. The van der Waals surface area contributed by atoms with Gasteiger partial charge in [0.05, 0.1) is 17.6 Å². The lowest BCUT2D eigenvalue weighted by atomic mass is 10.2. The molecule has 0 fully saturated rings. The van der Waals surface area contributed by atoms with E-state index in [-0.39, 0.29) is 5.91 Å². The van der Waals surface area contributed by atoms with E-state index < -0.39 is 0 Å². The molecule has 0 unspecified atom stereocenters. The lowest BCUT2D eigenvalue weighted by Crippen LogP contribution is -2.11. The smallest absolute Gasteiger partial charge is 0.225 e. The summed E-state index contributed by atoms with van der Waals surface area (Å²) in [6.07, 6.45) is 2.10. The molecule has 0 saturated carbocycles. The maximum Gasteiger partial charge on any atom is 0.225 e. The molecule has 2 aromatic heterocycles. The Balaban J connectivity index is 2.31. The summed E-state index contributed by atoms with van der Waals surface area (Å²) in [6.45, 7) is 1.92. The summed E-state index contributed by atoms with van der Waals surface area (Å²) in [5, 5.41) is 8.70. The first-order valence-electron chi connectivity index (χ1n) is 5.27. The highest BCUT2D eigenvalue weighted by Gasteiger charge is 2.08. The van der Waals surface area contributed by atoms with Crippen molar-refractivity contribution in [2.45, 2.75) is 13.3 Å². The fourth-order valence-electron chi connectivity index (χ4n) is 1.69. The van der Waals surface area contributed by atoms with E-state index in [9.17, 15) is 4.79 Å². The van der Waals surface area contributed by atoms with Crippen LogP contribution in [-0.2, 0) is 11.8 Å². The van der Waals surface area contributed by atoms with Gasteiger partial charge in [-0.05, 0) is 13.0 Å². The summed E-state index contributed by atoms with van der Waals surface area (Å²) in [5.74, 6) is -0.0235. The monoisotopic (exact) mass is 296 g/mol. The molecule has 5 nitrogen and oxygen atoms in total. The molecule has 0 bridgehead atoms. The quantitative estimate of drug-likeness (QED) is 0.882. The van der Waals surface area contributed by atoms with E-state index >= 15 is 0 Å². The Hall–Kier alpha value is -1.43. The number of alkyl halides is 1. The molecule has 1 amide bonds. The zero-order chi connectivity index (χ0) is 12.4. The summed E-state index contributed by atoms with van der Waals surface area (Å²) in [7, 11) is 1.85. The Morgan fingerprint density at radius 3 is 3.06 bits per heavy atom. The molecule has 6 heteroatoms. The van der Waals surface area contributed by atoms with Crippen LogP contribution in [0.25, 0.3) is 11.0 Å². The fourth-order valence-corrected chi connectivity index (χ4v) is 2.05. The van der Waals surface area contributed by atoms with E-state index in [0.29, 0.717) is 17.4 Å². The number of hydrogen-bond donors (Lipinski definition) is 1. The summed E-state index contributed by atoms with van der Waals surface area (Å²) in [5.41, 5.74) is 2.44. The number of nitrogens with zero attached hydrogens (tertiary/aromatic N) is 3. The molecular formula is C11H13BrN4O. The first kappa shape index (κ1) is 12.0. The van der Waals surface area contributed by atoms with Crippen LogP contribution < -0.4 is 5.32 Å². The number of anilines is 1. The zero-order valence-corrected chi connectivity index (χ0v) is 11.3. The minimum atomic E-state index is -0.0235. The molecule has 90 valence electrons. The Labute approximate surface area is 107 Å². The lowest BCUT2D eigenvalue weighted by Gasteiger charge is -2.03. The first-order valence-corrected chi connectivity index (χ1v) is 6.39. The van der Waals surface area contributed by atoms with Gasteiger partial charge >= 0.3 is 0 Å². The number of rotatable bonds is 3. The van der Waals surface area contributed by atoms with Gasteiger partial charge in [0.2, 0.25) is 5.91 Å². The van der Waals surface area contributed by atoms with Crippen molar-refractivity contribution in [1.82, 2.24) is 14.8 Å². The van der Waals surface area contributed by atoms with E-state index in [1.165, 1.54) is 0 Å². The third-order valence-electron chi connectivity index (χ3n) is 2.47. The van der Waals surface area contributed by atoms with E-state index in [2.05, 4.69) is 31.3 Å². The summed E-state index contributed by atoms with van der Waals surface area (Å²) >= 11 is 3.23. The van der Waals surface area contributed by atoms with Crippen molar-refractivity contribution >= 4 is 38.6 Å². The van der Waals surface area contributed by atoms with Crippen molar-refractivity contribution in [2.24, 2.45) is 7.05 Å². The maximum atomic E-state index is 11.4. The van der Waals surface area contributed by atoms with Crippen molar-refractivity contribution in [3.63, 3.8) is 0 Å². The van der Waals surface area contributed by atoms with Crippen LogP contribution in [0.1, 0.15) is 12.1 Å². The number of carbonyl (C=O) groups excluding carboxylic acids is 1. The number of halogens is 1. The maximum absolute atomic E-state index is 11.4. The first-order chi connectivity index (χ1) is 8.11. The molecule has 1 N–H and O–H groups in total. The number of pyridine rings is 1.